The van der Waals surface area contributed by atoms with Crippen molar-refractivity contribution in [3.8, 4) is 0 Å². The highest BCUT2D eigenvalue weighted by Gasteiger charge is 2.19. The molecule has 92 valence electrons. The second-order valence-electron chi connectivity index (χ2n) is 4.14. The number of aromatic nitrogens is 3. The number of hydrogen-bond acceptors (Lipinski definition) is 4. The van der Waals surface area contributed by atoms with E-state index in [0.29, 0.717) is 0 Å². The summed E-state index contributed by atoms with van der Waals surface area (Å²) in [6, 6.07) is 2.33. The van der Waals surface area contributed by atoms with E-state index in [-0.39, 0.29) is 6.04 Å². The van der Waals surface area contributed by atoms with Crippen LogP contribution in [0.5, 0.6) is 0 Å². The van der Waals surface area contributed by atoms with Crippen LogP contribution in [0, 0.1) is 6.92 Å². The zero-order chi connectivity index (χ0) is 12.3. The maximum Gasteiger partial charge on any atom is 0.104 e. The summed E-state index contributed by atoms with van der Waals surface area (Å²) in [6.45, 7) is 5.30. The van der Waals surface area contributed by atoms with E-state index in [9.17, 15) is 0 Å². The zero-order valence-corrected chi connectivity index (χ0v) is 11.3. The summed E-state index contributed by atoms with van der Waals surface area (Å²) in [5.41, 5.74) is 2.30. The molecule has 0 amide bonds. The van der Waals surface area contributed by atoms with Crippen molar-refractivity contribution in [1.82, 2.24) is 20.3 Å². The Labute approximate surface area is 106 Å². The highest BCUT2D eigenvalue weighted by molar-refractivity contribution is 7.10. The molecule has 2 aromatic rings. The van der Waals surface area contributed by atoms with Crippen LogP contribution in [0.4, 0.5) is 0 Å². The maximum atomic E-state index is 4.22. The van der Waals surface area contributed by atoms with Crippen molar-refractivity contribution in [1.29, 1.82) is 0 Å². The molecule has 0 bridgehead atoms. The third-order valence-corrected chi connectivity index (χ3v) is 3.59. The molecule has 1 N–H and O–H groups in total. The fraction of sp³-hybridized carbons (Fsp3) is 0.500. The van der Waals surface area contributed by atoms with E-state index in [1.807, 2.05) is 13.2 Å². The molecule has 0 spiro atoms. The summed E-state index contributed by atoms with van der Waals surface area (Å²) in [4.78, 5) is 1.34. The van der Waals surface area contributed by atoms with Crippen molar-refractivity contribution < 1.29 is 0 Å². The van der Waals surface area contributed by atoms with Gasteiger partial charge < -0.3 is 5.32 Å². The second kappa shape index (κ2) is 5.42. The average Bonchev–Trinajstić information content (AvgIpc) is 2.90. The number of aryl methyl sites for hydroxylation is 2. The first-order valence-corrected chi connectivity index (χ1v) is 6.74. The largest absolute Gasteiger partial charge is 0.305 e. The van der Waals surface area contributed by atoms with Gasteiger partial charge in [0.2, 0.25) is 0 Å². The highest BCUT2D eigenvalue weighted by atomic mass is 32.1. The van der Waals surface area contributed by atoms with E-state index >= 15 is 0 Å². The molecule has 0 saturated carbocycles. The van der Waals surface area contributed by atoms with Gasteiger partial charge >= 0.3 is 0 Å². The van der Waals surface area contributed by atoms with Crippen LogP contribution in [0.25, 0.3) is 0 Å². The van der Waals surface area contributed by atoms with Gasteiger partial charge in [-0.15, -0.1) is 16.4 Å². The van der Waals surface area contributed by atoms with Gasteiger partial charge in [-0.3, -0.25) is 4.68 Å². The van der Waals surface area contributed by atoms with E-state index in [1.165, 1.54) is 10.4 Å². The standard InChI is InChI=1S/C12H18N4S/c1-4-6-13-12(10-5-7-17-9(10)2)11-8-16(3)15-14-11/h5,7-8,12-13H,4,6H2,1-3H3. The van der Waals surface area contributed by atoms with Crippen LogP contribution < -0.4 is 5.32 Å². The fourth-order valence-electron chi connectivity index (χ4n) is 1.85. The summed E-state index contributed by atoms with van der Waals surface area (Å²) >= 11 is 1.77. The van der Waals surface area contributed by atoms with Gasteiger partial charge in [0.15, 0.2) is 0 Å². The Morgan fingerprint density at radius 2 is 2.35 bits per heavy atom. The minimum atomic E-state index is 0.162. The number of thiophene rings is 1. The van der Waals surface area contributed by atoms with Crippen LogP contribution in [0.15, 0.2) is 17.6 Å². The third kappa shape index (κ3) is 2.73. The molecular weight excluding hydrogens is 232 g/mol. The smallest absolute Gasteiger partial charge is 0.104 e. The topological polar surface area (TPSA) is 42.7 Å². The normalized spacial score (nSPS) is 12.9. The lowest BCUT2D eigenvalue weighted by Gasteiger charge is -2.15. The first-order chi connectivity index (χ1) is 8.22. The predicted molar refractivity (Wildman–Crippen MR) is 70.2 cm³/mol. The van der Waals surface area contributed by atoms with Gasteiger partial charge in [0.25, 0.3) is 0 Å². The first kappa shape index (κ1) is 12.3. The first-order valence-electron chi connectivity index (χ1n) is 5.86. The van der Waals surface area contributed by atoms with Gasteiger partial charge in [0, 0.05) is 11.9 Å². The minimum Gasteiger partial charge on any atom is -0.305 e. The SMILES string of the molecule is CCCNC(c1cn(C)nn1)c1ccsc1C. The second-order valence-corrected chi connectivity index (χ2v) is 5.26. The number of hydrogen-bond donors (Lipinski definition) is 1. The molecule has 4 nitrogen and oxygen atoms in total. The molecule has 0 saturated heterocycles. The highest BCUT2D eigenvalue weighted by Crippen LogP contribution is 2.26. The molecule has 2 aromatic heterocycles. The van der Waals surface area contributed by atoms with Crippen LogP contribution in [0.1, 0.15) is 35.5 Å². The van der Waals surface area contributed by atoms with Crippen molar-refractivity contribution in [3.05, 3.63) is 33.8 Å². The van der Waals surface area contributed by atoms with Crippen molar-refractivity contribution in [3.63, 3.8) is 0 Å². The Hall–Kier alpha value is -1.20. The molecule has 1 unspecified atom stereocenters. The van der Waals surface area contributed by atoms with Crippen LogP contribution in [0.2, 0.25) is 0 Å². The fourth-order valence-corrected chi connectivity index (χ4v) is 2.60. The van der Waals surface area contributed by atoms with E-state index in [4.69, 9.17) is 0 Å². The Kier molecular flexibility index (Phi) is 3.91. The summed E-state index contributed by atoms with van der Waals surface area (Å²) < 4.78 is 1.75. The quantitative estimate of drug-likeness (QED) is 0.885. The summed E-state index contributed by atoms with van der Waals surface area (Å²) in [7, 11) is 1.90. The van der Waals surface area contributed by atoms with E-state index in [2.05, 4.69) is 40.9 Å². The molecular formula is C12H18N4S. The lowest BCUT2D eigenvalue weighted by atomic mass is 10.1. The number of rotatable bonds is 5. The maximum absolute atomic E-state index is 4.22. The molecule has 17 heavy (non-hydrogen) atoms. The summed E-state index contributed by atoms with van der Waals surface area (Å²) in [6.07, 6.45) is 3.09. The van der Waals surface area contributed by atoms with Crippen LogP contribution in [0.3, 0.4) is 0 Å². The molecule has 0 aliphatic rings. The molecule has 0 aliphatic heterocycles. The molecule has 0 fully saturated rings. The average molecular weight is 250 g/mol. The van der Waals surface area contributed by atoms with Crippen molar-refractivity contribution >= 4 is 11.3 Å². The molecule has 5 heteroatoms. The zero-order valence-electron chi connectivity index (χ0n) is 10.5. The molecule has 2 rings (SSSR count). The molecule has 0 aromatic carbocycles. The Morgan fingerprint density at radius 3 is 2.88 bits per heavy atom. The van der Waals surface area contributed by atoms with Crippen LogP contribution in [-0.2, 0) is 7.05 Å². The summed E-state index contributed by atoms with van der Waals surface area (Å²) in [5.74, 6) is 0. The molecule has 1 atom stereocenters. The lowest BCUT2D eigenvalue weighted by molar-refractivity contribution is 0.584. The molecule has 0 aliphatic carbocycles. The molecule has 2 heterocycles. The Morgan fingerprint density at radius 1 is 1.53 bits per heavy atom. The summed E-state index contributed by atoms with van der Waals surface area (Å²) in [5, 5.41) is 13.9. The van der Waals surface area contributed by atoms with E-state index < -0.39 is 0 Å². The molecule has 0 radical (unpaired) electrons. The minimum absolute atomic E-state index is 0.162. The predicted octanol–water partition coefficient (Wildman–Crippen LogP) is 2.27. The van der Waals surface area contributed by atoms with Gasteiger partial charge in [-0.05, 0) is 36.9 Å². The van der Waals surface area contributed by atoms with Gasteiger partial charge in [-0.25, -0.2) is 0 Å². The van der Waals surface area contributed by atoms with E-state index in [0.717, 1.165) is 18.7 Å². The van der Waals surface area contributed by atoms with Crippen molar-refractivity contribution in [2.45, 2.75) is 26.3 Å². The van der Waals surface area contributed by atoms with Gasteiger partial charge in [0.05, 0.1) is 12.2 Å². The Balaban J connectivity index is 2.28. The van der Waals surface area contributed by atoms with Crippen molar-refractivity contribution in [2.75, 3.05) is 6.54 Å². The third-order valence-electron chi connectivity index (χ3n) is 2.72. The monoisotopic (exact) mass is 250 g/mol. The lowest BCUT2D eigenvalue weighted by Crippen LogP contribution is -2.23. The van der Waals surface area contributed by atoms with Gasteiger partial charge in [-0.1, -0.05) is 12.1 Å². The van der Waals surface area contributed by atoms with Gasteiger partial charge in [-0.2, -0.15) is 0 Å². The van der Waals surface area contributed by atoms with Crippen LogP contribution >= 0.6 is 11.3 Å². The van der Waals surface area contributed by atoms with E-state index in [1.54, 1.807) is 16.0 Å². The number of nitrogens with one attached hydrogen (secondary N) is 1. The Bertz CT molecular complexity index is 474. The van der Waals surface area contributed by atoms with Gasteiger partial charge in [0.1, 0.15) is 5.69 Å². The van der Waals surface area contributed by atoms with Crippen molar-refractivity contribution in [2.24, 2.45) is 7.05 Å². The van der Waals surface area contributed by atoms with Crippen LogP contribution in [-0.4, -0.2) is 21.5 Å². The number of nitrogens with zero attached hydrogens (tertiary/aromatic N) is 3.